The van der Waals surface area contributed by atoms with Crippen molar-refractivity contribution in [1.82, 2.24) is 19.9 Å². The molecule has 0 aliphatic heterocycles. The first-order chi connectivity index (χ1) is 10.3. The molecular weight excluding hydrogens is 272 g/mol. The SMILES string of the molecule is COc1ccc(/C=N/Nc2[nH]c(=O)nc3nc[nH]c23)cc1. The second-order valence-corrected chi connectivity index (χ2v) is 4.16. The topological polar surface area (TPSA) is 108 Å². The Kier molecular flexibility index (Phi) is 3.34. The van der Waals surface area contributed by atoms with E-state index < -0.39 is 5.69 Å². The summed E-state index contributed by atoms with van der Waals surface area (Å²) in [6.45, 7) is 0. The molecule has 0 radical (unpaired) electrons. The molecule has 0 amide bonds. The van der Waals surface area contributed by atoms with Crippen molar-refractivity contribution in [3.8, 4) is 5.75 Å². The van der Waals surface area contributed by atoms with Gasteiger partial charge in [-0.15, -0.1) is 0 Å². The van der Waals surface area contributed by atoms with Crippen LogP contribution in [0.2, 0.25) is 0 Å². The van der Waals surface area contributed by atoms with E-state index in [9.17, 15) is 4.79 Å². The first-order valence-corrected chi connectivity index (χ1v) is 6.13. The number of benzene rings is 1. The van der Waals surface area contributed by atoms with Gasteiger partial charge in [0.1, 0.15) is 11.3 Å². The van der Waals surface area contributed by atoms with Gasteiger partial charge in [-0.1, -0.05) is 0 Å². The molecule has 0 unspecified atom stereocenters. The number of anilines is 1. The normalized spacial score (nSPS) is 11.1. The molecule has 0 atom stereocenters. The molecule has 2 aromatic heterocycles. The van der Waals surface area contributed by atoms with Crippen molar-refractivity contribution in [2.24, 2.45) is 5.10 Å². The number of fused-ring (bicyclic) bond motifs is 1. The molecule has 8 nitrogen and oxygen atoms in total. The highest BCUT2D eigenvalue weighted by Crippen LogP contribution is 2.13. The van der Waals surface area contributed by atoms with Gasteiger partial charge in [0.2, 0.25) is 0 Å². The van der Waals surface area contributed by atoms with E-state index in [1.165, 1.54) is 6.33 Å². The van der Waals surface area contributed by atoms with Crippen LogP contribution in [-0.2, 0) is 0 Å². The van der Waals surface area contributed by atoms with Crippen molar-refractivity contribution in [1.29, 1.82) is 0 Å². The van der Waals surface area contributed by atoms with Crippen LogP contribution >= 0.6 is 0 Å². The standard InChI is InChI=1S/C13H12N6O2/c1-21-9-4-2-8(3-5-9)6-16-19-12-10-11(15-7-14-10)17-13(20)18-12/h2-7H,1H3,(H3,14,15,17,18,19,20)/b16-6+. The highest BCUT2D eigenvalue weighted by molar-refractivity contribution is 5.84. The van der Waals surface area contributed by atoms with E-state index in [0.29, 0.717) is 17.0 Å². The zero-order chi connectivity index (χ0) is 14.7. The fraction of sp³-hybridized carbons (Fsp3) is 0.0769. The average Bonchev–Trinajstić information content (AvgIpc) is 2.96. The highest BCUT2D eigenvalue weighted by Gasteiger charge is 2.05. The second-order valence-electron chi connectivity index (χ2n) is 4.16. The van der Waals surface area contributed by atoms with Crippen LogP contribution in [0.25, 0.3) is 11.2 Å². The van der Waals surface area contributed by atoms with Crippen molar-refractivity contribution in [2.45, 2.75) is 0 Å². The third-order valence-corrected chi connectivity index (χ3v) is 2.81. The molecule has 0 bridgehead atoms. The molecule has 1 aromatic carbocycles. The number of nitrogens with zero attached hydrogens (tertiary/aromatic N) is 3. The summed E-state index contributed by atoms with van der Waals surface area (Å²) < 4.78 is 5.08. The summed E-state index contributed by atoms with van der Waals surface area (Å²) in [5.41, 5.74) is 4.08. The average molecular weight is 284 g/mol. The minimum atomic E-state index is -0.489. The lowest BCUT2D eigenvalue weighted by molar-refractivity contribution is 0.415. The van der Waals surface area contributed by atoms with Crippen molar-refractivity contribution >= 4 is 23.2 Å². The quantitative estimate of drug-likeness (QED) is 0.491. The summed E-state index contributed by atoms with van der Waals surface area (Å²) in [7, 11) is 1.61. The number of nitrogens with one attached hydrogen (secondary N) is 3. The number of ether oxygens (including phenoxy) is 1. The van der Waals surface area contributed by atoms with Crippen molar-refractivity contribution < 1.29 is 4.74 Å². The summed E-state index contributed by atoms with van der Waals surface area (Å²) in [5, 5.41) is 4.08. The van der Waals surface area contributed by atoms with Gasteiger partial charge in [-0.3, -0.25) is 10.4 Å². The Labute approximate surface area is 118 Å². The third kappa shape index (κ3) is 2.73. The lowest BCUT2D eigenvalue weighted by Crippen LogP contribution is -2.12. The van der Waals surface area contributed by atoms with Gasteiger partial charge in [-0.05, 0) is 29.8 Å². The minimum Gasteiger partial charge on any atom is -0.497 e. The molecule has 0 saturated carbocycles. The second kappa shape index (κ2) is 5.45. The van der Waals surface area contributed by atoms with Gasteiger partial charge in [0, 0.05) is 0 Å². The maximum absolute atomic E-state index is 11.4. The first-order valence-electron chi connectivity index (χ1n) is 6.13. The Morgan fingerprint density at radius 2 is 2.14 bits per heavy atom. The van der Waals surface area contributed by atoms with E-state index >= 15 is 0 Å². The molecule has 3 N–H and O–H groups in total. The van der Waals surface area contributed by atoms with Crippen LogP contribution in [0.1, 0.15) is 5.56 Å². The maximum Gasteiger partial charge on any atom is 0.348 e. The van der Waals surface area contributed by atoms with Gasteiger partial charge in [-0.25, -0.2) is 9.78 Å². The molecule has 0 aliphatic carbocycles. The summed E-state index contributed by atoms with van der Waals surface area (Å²) in [6.07, 6.45) is 3.09. The number of aromatic amines is 2. The lowest BCUT2D eigenvalue weighted by atomic mass is 10.2. The monoisotopic (exact) mass is 284 g/mol. The van der Waals surface area contributed by atoms with Gasteiger partial charge in [0.05, 0.1) is 19.7 Å². The third-order valence-electron chi connectivity index (χ3n) is 2.81. The summed E-state index contributed by atoms with van der Waals surface area (Å²) >= 11 is 0. The number of aromatic nitrogens is 4. The predicted molar refractivity (Wildman–Crippen MR) is 78.7 cm³/mol. The lowest BCUT2D eigenvalue weighted by Gasteiger charge is -2.01. The van der Waals surface area contributed by atoms with Crippen molar-refractivity contribution in [2.75, 3.05) is 12.5 Å². The molecular formula is C13H12N6O2. The van der Waals surface area contributed by atoms with Gasteiger partial charge < -0.3 is 9.72 Å². The Morgan fingerprint density at radius 3 is 2.90 bits per heavy atom. The number of rotatable bonds is 4. The molecule has 21 heavy (non-hydrogen) atoms. The molecule has 0 fully saturated rings. The van der Waals surface area contributed by atoms with Crippen LogP contribution in [0, 0.1) is 0 Å². The number of hydrogen-bond acceptors (Lipinski definition) is 6. The van der Waals surface area contributed by atoms with Crippen LogP contribution in [0.4, 0.5) is 5.82 Å². The van der Waals surface area contributed by atoms with Gasteiger partial charge in [0.15, 0.2) is 11.5 Å². The minimum absolute atomic E-state index is 0.334. The van der Waals surface area contributed by atoms with Crippen LogP contribution in [-0.4, -0.2) is 33.3 Å². The number of hydrazone groups is 1. The van der Waals surface area contributed by atoms with E-state index in [1.54, 1.807) is 13.3 Å². The van der Waals surface area contributed by atoms with E-state index in [0.717, 1.165) is 11.3 Å². The maximum atomic E-state index is 11.4. The van der Waals surface area contributed by atoms with Crippen LogP contribution in [0.15, 0.2) is 40.5 Å². The van der Waals surface area contributed by atoms with Gasteiger partial charge in [-0.2, -0.15) is 10.1 Å². The van der Waals surface area contributed by atoms with E-state index in [1.807, 2.05) is 24.3 Å². The van der Waals surface area contributed by atoms with Crippen LogP contribution < -0.4 is 15.9 Å². The molecule has 8 heteroatoms. The van der Waals surface area contributed by atoms with Gasteiger partial charge in [0.25, 0.3) is 0 Å². The van der Waals surface area contributed by atoms with Crippen LogP contribution in [0.5, 0.6) is 5.75 Å². The Bertz CT molecular complexity index is 834. The van der Waals surface area contributed by atoms with E-state index in [4.69, 9.17) is 4.74 Å². The summed E-state index contributed by atoms with van der Waals surface area (Å²) in [6, 6.07) is 7.40. The molecule has 0 aliphatic rings. The zero-order valence-electron chi connectivity index (χ0n) is 11.1. The largest absolute Gasteiger partial charge is 0.497 e. The molecule has 2 heterocycles. The number of H-pyrrole nitrogens is 2. The fourth-order valence-electron chi connectivity index (χ4n) is 1.79. The highest BCUT2D eigenvalue weighted by atomic mass is 16.5. The van der Waals surface area contributed by atoms with E-state index in [-0.39, 0.29) is 0 Å². The number of methoxy groups -OCH3 is 1. The Morgan fingerprint density at radius 1 is 1.33 bits per heavy atom. The number of imidazole rings is 1. The molecule has 0 saturated heterocycles. The summed E-state index contributed by atoms with van der Waals surface area (Å²) in [5.74, 6) is 1.19. The Balaban J connectivity index is 1.80. The number of hydrogen-bond donors (Lipinski definition) is 3. The zero-order valence-corrected chi connectivity index (χ0v) is 11.1. The van der Waals surface area contributed by atoms with E-state index in [2.05, 4.69) is 30.5 Å². The first kappa shape index (κ1) is 12.9. The van der Waals surface area contributed by atoms with Crippen molar-refractivity contribution in [3.05, 3.63) is 46.6 Å². The molecule has 3 aromatic rings. The smallest absolute Gasteiger partial charge is 0.348 e. The molecule has 106 valence electrons. The van der Waals surface area contributed by atoms with Crippen molar-refractivity contribution in [3.63, 3.8) is 0 Å². The molecule has 3 rings (SSSR count). The summed E-state index contributed by atoms with van der Waals surface area (Å²) in [4.78, 5) is 24.5. The predicted octanol–water partition coefficient (Wildman–Crippen LogP) is 1.10. The Hall–Kier alpha value is -3.16. The van der Waals surface area contributed by atoms with Gasteiger partial charge >= 0.3 is 5.69 Å². The molecule has 0 spiro atoms. The van der Waals surface area contributed by atoms with Crippen LogP contribution in [0.3, 0.4) is 0 Å². The fourth-order valence-corrected chi connectivity index (χ4v) is 1.79.